The van der Waals surface area contributed by atoms with Gasteiger partial charge in [0, 0.05) is 36.4 Å². The molecule has 1 aromatic rings. The Hall–Kier alpha value is -1.46. The number of carbonyl (C=O) groups excluding carboxylic acids is 1. The largest absolute Gasteiger partial charge is 0.444 e. The van der Waals surface area contributed by atoms with Gasteiger partial charge in [0.25, 0.3) is 0 Å². The first kappa shape index (κ1) is 18.9. The molecule has 1 aliphatic heterocycles. The van der Waals surface area contributed by atoms with Crippen LogP contribution in [-0.2, 0) is 4.74 Å². The van der Waals surface area contributed by atoms with Gasteiger partial charge in [0.2, 0.25) is 0 Å². The number of halogens is 1. The fourth-order valence-electron chi connectivity index (χ4n) is 2.78. The maximum atomic E-state index is 11.7. The van der Waals surface area contributed by atoms with Gasteiger partial charge in [-0.25, -0.2) is 4.79 Å². The summed E-state index contributed by atoms with van der Waals surface area (Å²) >= 11 is 6.41. The van der Waals surface area contributed by atoms with Crippen LogP contribution in [0.2, 0.25) is 5.02 Å². The third kappa shape index (κ3) is 5.56. The second-order valence-corrected chi connectivity index (χ2v) is 7.65. The minimum absolute atomic E-state index is 0.275. The van der Waals surface area contributed by atoms with E-state index in [0.29, 0.717) is 5.02 Å². The maximum absolute atomic E-state index is 11.7. The predicted molar refractivity (Wildman–Crippen MR) is 98.7 cm³/mol. The molecular weight excluding hydrogens is 326 g/mol. The Bertz CT molecular complexity index is 566. The zero-order valence-corrected chi connectivity index (χ0v) is 15.5. The van der Waals surface area contributed by atoms with E-state index in [2.05, 4.69) is 16.3 Å². The molecule has 2 rings (SSSR count). The number of hydrogen-bond donors (Lipinski definition) is 2. The summed E-state index contributed by atoms with van der Waals surface area (Å²) in [4.78, 5) is 14.1. The van der Waals surface area contributed by atoms with Crippen molar-refractivity contribution >= 4 is 23.4 Å². The summed E-state index contributed by atoms with van der Waals surface area (Å²) in [6.45, 7) is 7.88. The van der Waals surface area contributed by atoms with E-state index in [9.17, 15) is 4.79 Å². The van der Waals surface area contributed by atoms with E-state index in [1.54, 1.807) is 0 Å². The second kappa shape index (κ2) is 8.08. The summed E-state index contributed by atoms with van der Waals surface area (Å²) in [7, 11) is 0. The number of anilines is 1. The Labute approximate surface area is 149 Å². The number of amides is 1. The summed E-state index contributed by atoms with van der Waals surface area (Å²) in [5.41, 5.74) is 7.60. The van der Waals surface area contributed by atoms with Gasteiger partial charge in [-0.05, 0) is 57.7 Å². The molecule has 0 aromatic heterocycles. The Kier molecular flexibility index (Phi) is 6.35. The molecule has 0 saturated carbocycles. The van der Waals surface area contributed by atoms with Crippen molar-refractivity contribution in [3.8, 4) is 0 Å². The van der Waals surface area contributed by atoms with Crippen LogP contribution in [0, 0.1) is 0 Å². The van der Waals surface area contributed by atoms with E-state index in [1.807, 2.05) is 32.9 Å². The Balaban J connectivity index is 1.94. The number of alkyl carbamates (subject to hydrolysis) is 1. The van der Waals surface area contributed by atoms with Gasteiger partial charge in [-0.15, -0.1) is 0 Å². The SMILES string of the molecule is CC(C)(C)OC(=O)NC[C@H](N)c1ccc(N2CCCCC2)cc1Cl. The molecule has 0 bridgehead atoms. The number of rotatable bonds is 4. The lowest BCUT2D eigenvalue weighted by Gasteiger charge is -2.29. The van der Waals surface area contributed by atoms with Crippen molar-refractivity contribution < 1.29 is 9.53 Å². The Morgan fingerprint density at radius 2 is 2.00 bits per heavy atom. The number of benzene rings is 1. The summed E-state index contributed by atoms with van der Waals surface area (Å²) in [5.74, 6) is 0. The van der Waals surface area contributed by atoms with Crippen LogP contribution in [0.25, 0.3) is 0 Å². The first-order valence-corrected chi connectivity index (χ1v) is 8.91. The minimum atomic E-state index is -0.526. The van der Waals surface area contributed by atoms with E-state index >= 15 is 0 Å². The number of piperidine rings is 1. The van der Waals surface area contributed by atoms with Gasteiger partial charge < -0.3 is 20.7 Å². The number of nitrogens with zero attached hydrogens (tertiary/aromatic N) is 1. The highest BCUT2D eigenvalue weighted by molar-refractivity contribution is 6.31. The van der Waals surface area contributed by atoms with E-state index < -0.39 is 11.7 Å². The Morgan fingerprint density at radius 1 is 1.33 bits per heavy atom. The van der Waals surface area contributed by atoms with E-state index in [4.69, 9.17) is 22.1 Å². The molecule has 1 heterocycles. The average Bonchev–Trinajstić information content (AvgIpc) is 2.52. The molecule has 1 saturated heterocycles. The molecule has 0 spiro atoms. The van der Waals surface area contributed by atoms with Gasteiger partial charge in [-0.2, -0.15) is 0 Å². The second-order valence-electron chi connectivity index (χ2n) is 7.24. The molecule has 1 fully saturated rings. The molecule has 0 unspecified atom stereocenters. The summed E-state index contributed by atoms with van der Waals surface area (Å²) in [5, 5.41) is 3.32. The quantitative estimate of drug-likeness (QED) is 0.862. The van der Waals surface area contributed by atoms with Gasteiger partial charge in [0.05, 0.1) is 0 Å². The van der Waals surface area contributed by atoms with Crippen molar-refractivity contribution in [2.24, 2.45) is 5.73 Å². The molecule has 24 heavy (non-hydrogen) atoms. The van der Waals surface area contributed by atoms with Crippen LogP contribution in [0.15, 0.2) is 18.2 Å². The minimum Gasteiger partial charge on any atom is -0.444 e. The average molecular weight is 354 g/mol. The van der Waals surface area contributed by atoms with Crippen molar-refractivity contribution in [2.75, 3.05) is 24.5 Å². The highest BCUT2D eigenvalue weighted by atomic mass is 35.5. The van der Waals surface area contributed by atoms with Crippen molar-refractivity contribution in [1.82, 2.24) is 5.32 Å². The summed E-state index contributed by atoms with van der Waals surface area (Å²) < 4.78 is 5.21. The van der Waals surface area contributed by atoms with Crippen LogP contribution in [0.4, 0.5) is 10.5 Å². The topological polar surface area (TPSA) is 67.6 Å². The van der Waals surface area contributed by atoms with E-state index in [-0.39, 0.29) is 12.6 Å². The van der Waals surface area contributed by atoms with E-state index in [1.165, 1.54) is 19.3 Å². The van der Waals surface area contributed by atoms with Crippen molar-refractivity contribution in [3.05, 3.63) is 28.8 Å². The standard InChI is InChI=1S/C18H28ClN3O2/c1-18(2,3)24-17(23)21-12-16(20)14-8-7-13(11-15(14)19)22-9-5-4-6-10-22/h7-8,11,16H,4-6,9-10,12,20H2,1-3H3,(H,21,23)/t16-/m0/s1. The molecule has 1 aliphatic rings. The summed E-state index contributed by atoms with van der Waals surface area (Å²) in [6.07, 6.45) is 3.26. The normalized spacial score (nSPS) is 16.6. The molecule has 1 aromatic carbocycles. The lowest BCUT2D eigenvalue weighted by Crippen LogP contribution is -2.36. The van der Waals surface area contributed by atoms with Crippen LogP contribution < -0.4 is 16.0 Å². The first-order valence-electron chi connectivity index (χ1n) is 8.53. The fraction of sp³-hybridized carbons (Fsp3) is 0.611. The maximum Gasteiger partial charge on any atom is 0.407 e. The molecular formula is C18H28ClN3O2. The number of ether oxygens (including phenoxy) is 1. The highest BCUT2D eigenvalue weighted by Crippen LogP contribution is 2.28. The van der Waals surface area contributed by atoms with Crippen LogP contribution in [-0.4, -0.2) is 31.3 Å². The van der Waals surface area contributed by atoms with Gasteiger partial charge in [-0.3, -0.25) is 0 Å². The molecule has 3 N–H and O–H groups in total. The lowest BCUT2D eigenvalue weighted by atomic mass is 10.1. The smallest absolute Gasteiger partial charge is 0.407 e. The van der Waals surface area contributed by atoms with Crippen molar-refractivity contribution in [2.45, 2.75) is 51.7 Å². The first-order chi connectivity index (χ1) is 11.3. The number of nitrogens with one attached hydrogen (secondary N) is 1. The predicted octanol–water partition coefficient (Wildman–Crippen LogP) is 3.85. The van der Waals surface area contributed by atoms with Crippen LogP contribution in [0.1, 0.15) is 51.6 Å². The van der Waals surface area contributed by atoms with Crippen molar-refractivity contribution in [3.63, 3.8) is 0 Å². The Morgan fingerprint density at radius 3 is 2.58 bits per heavy atom. The third-order valence-corrected chi connectivity index (χ3v) is 4.30. The zero-order valence-electron chi connectivity index (χ0n) is 14.8. The monoisotopic (exact) mass is 353 g/mol. The van der Waals surface area contributed by atoms with Gasteiger partial charge in [0.1, 0.15) is 5.60 Å². The van der Waals surface area contributed by atoms with Crippen LogP contribution >= 0.6 is 11.6 Å². The third-order valence-electron chi connectivity index (χ3n) is 3.97. The van der Waals surface area contributed by atoms with Gasteiger partial charge in [-0.1, -0.05) is 17.7 Å². The van der Waals surface area contributed by atoms with Crippen LogP contribution in [0.3, 0.4) is 0 Å². The molecule has 134 valence electrons. The molecule has 1 amide bonds. The highest BCUT2D eigenvalue weighted by Gasteiger charge is 2.18. The van der Waals surface area contributed by atoms with Gasteiger partial charge in [0.15, 0.2) is 0 Å². The van der Waals surface area contributed by atoms with Crippen LogP contribution in [0.5, 0.6) is 0 Å². The lowest BCUT2D eigenvalue weighted by molar-refractivity contribution is 0.0524. The number of hydrogen-bond acceptors (Lipinski definition) is 4. The zero-order chi connectivity index (χ0) is 17.7. The number of nitrogens with two attached hydrogens (primary N) is 1. The number of carbonyl (C=O) groups is 1. The molecule has 0 aliphatic carbocycles. The van der Waals surface area contributed by atoms with Gasteiger partial charge >= 0.3 is 6.09 Å². The fourth-order valence-corrected chi connectivity index (χ4v) is 3.10. The van der Waals surface area contributed by atoms with Crippen molar-refractivity contribution in [1.29, 1.82) is 0 Å². The summed E-state index contributed by atoms with van der Waals surface area (Å²) in [6, 6.07) is 5.60. The molecule has 5 nitrogen and oxygen atoms in total. The van der Waals surface area contributed by atoms with E-state index in [0.717, 1.165) is 24.3 Å². The molecule has 1 atom stereocenters. The molecule has 6 heteroatoms. The molecule has 0 radical (unpaired) electrons.